The summed E-state index contributed by atoms with van der Waals surface area (Å²) in [5.41, 5.74) is 1.45. The van der Waals surface area contributed by atoms with E-state index in [-0.39, 0.29) is 35.7 Å². The lowest BCUT2D eigenvalue weighted by atomic mass is 10.1. The van der Waals surface area contributed by atoms with Crippen LogP contribution in [-0.2, 0) is 6.54 Å². The van der Waals surface area contributed by atoms with Gasteiger partial charge in [0.2, 0.25) is 0 Å². The molecular weight excluding hydrogens is 457 g/mol. The second-order valence-electron chi connectivity index (χ2n) is 5.39. The quantitative estimate of drug-likeness (QED) is 0.226. The van der Waals surface area contributed by atoms with Gasteiger partial charge in [-0.3, -0.25) is 15.1 Å². The molecule has 0 aliphatic heterocycles. The first kappa shape index (κ1) is 21.7. The van der Waals surface area contributed by atoms with Gasteiger partial charge in [-0.05, 0) is 30.2 Å². The van der Waals surface area contributed by atoms with Gasteiger partial charge in [-0.25, -0.2) is 8.78 Å². The number of nitrogens with one attached hydrogen (secondary N) is 2. The van der Waals surface area contributed by atoms with Crippen LogP contribution >= 0.6 is 24.0 Å². The van der Waals surface area contributed by atoms with Crippen molar-refractivity contribution in [3.8, 4) is 0 Å². The summed E-state index contributed by atoms with van der Waals surface area (Å²) in [5, 5.41) is 16.8. The predicted molar refractivity (Wildman–Crippen MR) is 107 cm³/mol. The van der Waals surface area contributed by atoms with E-state index in [1.807, 2.05) is 0 Å². The molecule has 9 heteroatoms. The third-order valence-corrected chi connectivity index (χ3v) is 3.63. The Labute approximate surface area is 166 Å². The standard InChI is InChI=1S/C17H18F2N4O2.HI/c1-11(13-5-8-15(18)16(19)9-13)22-17(20-2)21-10-12-3-6-14(7-4-12)23(24)25;/h3-9,11H,10H2,1-2H3,(H2,20,21,22);1H. The Kier molecular flexibility index (Phi) is 8.36. The van der Waals surface area contributed by atoms with Crippen molar-refractivity contribution < 1.29 is 13.7 Å². The lowest BCUT2D eigenvalue weighted by Gasteiger charge is -2.18. The van der Waals surface area contributed by atoms with Gasteiger partial charge >= 0.3 is 0 Å². The molecule has 2 aromatic carbocycles. The average molecular weight is 476 g/mol. The van der Waals surface area contributed by atoms with Crippen molar-refractivity contribution in [2.24, 2.45) is 4.99 Å². The van der Waals surface area contributed by atoms with Crippen molar-refractivity contribution in [1.82, 2.24) is 10.6 Å². The van der Waals surface area contributed by atoms with Crippen LogP contribution in [0, 0.1) is 21.7 Å². The SMILES string of the molecule is CN=C(NCc1ccc([N+](=O)[O-])cc1)NC(C)c1ccc(F)c(F)c1.I. The minimum atomic E-state index is -0.903. The van der Waals surface area contributed by atoms with Crippen LogP contribution in [-0.4, -0.2) is 17.9 Å². The fourth-order valence-electron chi connectivity index (χ4n) is 2.19. The van der Waals surface area contributed by atoms with E-state index in [2.05, 4.69) is 15.6 Å². The minimum absolute atomic E-state index is 0. The van der Waals surface area contributed by atoms with Crippen LogP contribution < -0.4 is 10.6 Å². The number of nitro groups is 1. The Morgan fingerprint density at radius 3 is 2.38 bits per heavy atom. The predicted octanol–water partition coefficient (Wildman–Crippen LogP) is 3.92. The van der Waals surface area contributed by atoms with Crippen molar-refractivity contribution in [3.63, 3.8) is 0 Å². The first-order chi connectivity index (χ1) is 11.9. The van der Waals surface area contributed by atoms with Gasteiger partial charge in [0.15, 0.2) is 17.6 Å². The maximum atomic E-state index is 13.3. The number of non-ortho nitro benzene ring substituents is 1. The molecule has 0 bridgehead atoms. The van der Waals surface area contributed by atoms with Gasteiger partial charge in [0.25, 0.3) is 5.69 Å². The number of nitro benzene ring substituents is 1. The summed E-state index contributed by atoms with van der Waals surface area (Å²) in [6.07, 6.45) is 0. The van der Waals surface area contributed by atoms with Crippen LogP contribution in [0.1, 0.15) is 24.1 Å². The molecule has 0 amide bonds. The van der Waals surface area contributed by atoms with Gasteiger partial charge in [0.05, 0.1) is 11.0 Å². The topological polar surface area (TPSA) is 79.6 Å². The maximum absolute atomic E-state index is 13.3. The molecule has 0 saturated carbocycles. The minimum Gasteiger partial charge on any atom is -0.352 e. The molecule has 140 valence electrons. The largest absolute Gasteiger partial charge is 0.352 e. The van der Waals surface area contributed by atoms with Crippen LogP contribution in [0.5, 0.6) is 0 Å². The third kappa shape index (κ3) is 5.90. The lowest BCUT2D eigenvalue weighted by Crippen LogP contribution is -2.38. The molecule has 0 aliphatic carbocycles. The molecule has 0 aliphatic rings. The summed E-state index contributed by atoms with van der Waals surface area (Å²) in [6, 6.07) is 9.58. The number of halogens is 3. The second kappa shape index (κ2) is 10.00. The van der Waals surface area contributed by atoms with Crippen LogP contribution in [0.2, 0.25) is 0 Å². The summed E-state index contributed by atoms with van der Waals surface area (Å²) < 4.78 is 26.3. The molecular formula is C17H19F2IN4O2. The number of benzene rings is 2. The van der Waals surface area contributed by atoms with Gasteiger partial charge in [-0.1, -0.05) is 18.2 Å². The summed E-state index contributed by atoms with van der Waals surface area (Å²) >= 11 is 0. The molecule has 0 fully saturated rings. The Balaban J connectivity index is 0.00000338. The Morgan fingerprint density at radius 2 is 1.85 bits per heavy atom. The highest BCUT2D eigenvalue weighted by Crippen LogP contribution is 2.16. The van der Waals surface area contributed by atoms with E-state index in [0.717, 1.165) is 17.7 Å². The first-order valence-electron chi connectivity index (χ1n) is 7.56. The molecule has 0 radical (unpaired) electrons. The van der Waals surface area contributed by atoms with E-state index in [1.54, 1.807) is 26.1 Å². The fourth-order valence-corrected chi connectivity index (χ4v) is 2.19. The molecule has 1 unspecified atom stereocenters. The first-order valence-corrected chi connectivity index (χ1v) is 7.56. The molecule has 1 atom stereocenters. The van der Waals surface area contributed by atoms with Crippen LogP contribution in [0.15, 0.2) is 47.5 Å². The monoisotopic (exact) mass is 476 g/mol. The van der Waals surface area contributed by atoms with Gasteiger partial charge < -0.3 is 10.6 Å². The summed E-state index contributed by atoms with van der Waals surface area (Å²) in [5.74, 6) is -1.33. The zero-order chi connectivity index (χ0) is 18.4. The smallest absolute Gasteiger partial charge is 0.269 e. The fraction of sp³-hybridized carbons (Fsp3) is 0.235. The molecule has 0 saturated heterocycles. The Bertz CT molecular complexity index is 785. The molecule has 26 heavy (non-hydrogen) atoms. The van der Waals surface area contributed by atoms with Crippen LogP contribution in [0.3, 0.4) is 0 Å². The Morgan fingerprint density at radius 1 is 1.19 bits per heavy atom. The van der Waals surface area contributed by atoms with Gasteiger partial charge in [-0.15, -0.1) is 24.0 Å². The van der Waals surface area contributed by atoms with Gasteiger partial charge in [-0.2, -0.15) is 0 Å². The van der Waals surface area contributed by atoms with Crippen LogP contribution in [0.25, 0.3) is 0 Å². The molecule has 2 aromatic rings. The number of aliphatic imine (C=N–C) groups is 1. The summed E-state index contributed by atoms with van der Waals surface area (Å²) in [6.45, 7) is 2.20. The highest BCUT2D eigenvalue weighted by Gasteiger charge is 2.11. The van der Waals surface area contributed by atoms with Gasteiger partial charge in [0, 0.05) is 25.7 Å². The van der Waals surface area contributed by atoms with Crippen LogP contribution in [0.4, 0.5) is 14.5 Å². The molecule has 2 N–H and O–H groups in total. The molecule has 2 rings (SSSR count). The molecule has 0 spiro atoms. The Hall–Kier alpha value is -2.30. The number of hydrogen-bond acceptors (Lipinski definition) is 3. The van der Waals surface area contributed by atoms with Crippen molar-refractivity contribution >= 4 is 35.6 Å². The number of guanidine groups is 1. The zero-order valence-electron chi connectivity index (χ0n) is 14.2. The second-order valence-corrected chi connectivity index (χ2v) is 5.39. The lowest BCUT2D eigenvalue weighted by molar-refractivity contribution is -0.384. The van der Waals surface area contributed by atoms with E-state index in [0.29, 0.717) is 18.1 Å². The molecule has 0 heterocycles. The van der Waals surface area contributed by atoms with E-state index in [9.17, 15) is 18.9 Å². The number of hydrogen-bond donors (Lipinski definition) is 2. The summed E-state index contributed by atoms with van der Waals surface area (Å²) in [7, 11) is 1.59. The van der Waals surface area contributed by atoms with E-state index in [1.165, 1.54) is 18.2 Å². The number of nitrogens with zero attached hydrogens (tertiary/aromatic N) is 2. The van der Waals surface area contributed by atoms with E-state index in [4.69, 9.17) is 0 Å². The molecule has 0 aromatic heterocycles. The normalized spacial score (nSPS) is 12.1. The van der Waals surface area contributed by atoms with Crippen molar-refractivity contribution in [3.05, 3.63) is 75.3 Å². The maximum Gasteiger partial charge on any atom is 0.269 e. The number of rotatable bonds is 5. The average Bonchev–Trinajstić information content (AvgIpc) is 2.61. The van der Waals surface area contributed by atoms with Crippen molar-refractivity contribution in [2.45, 2.75) is 19.5 Å². The third-order valence-electron chi connectivity index (χ3n) is 3.63. The molecule has 6 nitrogen and oxygen atoms in total. The highest BCUT2D eigenvalue weighted by molar-refractivity contribution is 14.0. The highest BCUT2D eigenvalue weighted by atomic mass is 127. The van der Waals surface area contributed by atoms with Crippen molar-refractivity contribution in [2.75, 3.05) is 7.05 Å². The van der Waals surface area contributed by atoms with E-state index < -0.39 is 16.6 Å². The zero-order valence-corrected chi connectivity index (χ0v) is 16.5. The van der Waals surface area contributed by atoms with E-state index >= 15 is 0 Å². The van der Waals surface area contributed by atoms with Crippen molar-refractivity contribution in [1.29, 1.82) is 0 Å². The summed E-state index contributed by atoms with van der Waals surface area (Å²) in [4.78, 5) is 14.3. The van der Waals surface area contributed by atoms with Gasteiger partial charge in [0.1, 0.15) is 0 Å².